The van der Waals surface area contributed by atoms with Crippen molar-refractivity contribution in [1.29, 1.82) is 0 Å². The molecule has 0 saturated heterocycles. The summed E-state index contributed by atoms with van der Waals surface area (Å²) < 4.78 is 0. The van der Waals surface area contributed by atoms with E-state index in [0.29, 0.717) is 0 Å². The van der Waals surface area contributed by atoms with Gasteiger partial charge in [-0.25, -0.2) is 4.98 Å². The zero-order chi connectivity index (χ0) is 17.6. The predicted molar refractivity (Wildman–Crippen MR) is 107 cm³/mol. The summed E-state index contributed by atoms with van der Waals surface area (Å²) in [5.41, 5.74) is 1.27. The molecule has 0 radical (unpaired) electrons. The molecule has 1 heterocycles. The van der Waals surface area contributed by atoms with E-state index in [1.54, 1.807) is 18.4 Å². The first-order valence-corrected chi connectivity index (χ1v) is 9.35. The fraction of sp³-hybridized carbons (Fsp3) is 0.300. The van der Waals surface area contributed by atoms with Crippen molar-refractivity contribution in [2.45, 2.75) is 26.3 Å². The third-order valence-corrected chi connectivity index (χ3v) is 5.14. The van der Waals surface area contributed by atoms with Crippen LogP contribution in [0.5, 0.6) is 0 Å². The standard InChI is InChI=1S/C20H24N4S/c1-14-13-23-19(25-14)11-12-22-20(21-3)24-15(2)17-10-6-8-16-7-4-5-9-18(16)17/h4-10,13,15H,11-12H2,1-3H3,(H2,21,22,24). The Morgan fingerprint density at radius 2 is 2.00 bits per heavy atom. The second-order valence-electron chi connectivity index (χ2n) is 6.05. The van der Waals surface area contributed by atoms with Crippen LogP contribution in [0.25, 0.3) is 10.8 Å². The summed E-state index contributed by atoms with van der Waals surface area (Å²) in [7, 11) is 1.80. The van der Waals surface area contributed by atoms with Crippen molar-refractivity contribution < 1.29 is 0 Å². The fourth-order valence-corrected chi connectivity index (χ4v) is 3.70. The lowest BCUT2D eigenvalue weighted by Crippen LogP contribution is -2.39. The maximum atomic E-state index is 4.40. The average molecular weight is 353 g/mol. The molecule has 0 spiro atoms. The largest absolute Gasteiger partial charge is 0.356 e. The lowest BCUT2D eigenvalue weighted by molar-refractivity contribution is 0.688. The Kier molecular flexibility index (Phi) is 5.66. The number of benzene rings is 2. The van der Waals surface area contributed by atoms with E-state index in [1.165, 1.54) is 21.2 Å². The zero-order valence-electron chi connectivity index (χ0n) is 14.9. The summed E-state index contributed by atoms with van der Waals surface area (Å²) in [5.74, 6) is 0.814. The number of nitrogens with zero attached hydrogens (tertiary/aromatic N) is 2. The van der Waals surface area contributed by atoms with Crippen LogP contribution >= 0.6 is 11.3 Å². The van der Waals surface area contributed by atoms with Gasteiger partial charge in [0.1, 0.15) is 0 Å². The van der Waals surface area contributed by atoms with Gasteiger partial charge in [-0.1, -0.05) is 42.5 Å². The van der Waals surface area contributed by atoms with Crippen LogP contribution in [-0.2, 0) is 6.42 Å². The molecular weight excluding hydrogens is 328 g/mol. The molecule has 25 heavy (non-hydrogen) atoms. The number of aryl methyl sites for hydroxylation is 1. The second-order valence-corrected chi connectivity index (χ2v) is 7.37. The lowest BCUT2D eigenvalue weighted by Gasteiger charge is -2.19. The Morgan fingerprint density at radius 3 is 2.76 bits per heavy atom. The molecule has 1 aromatic heterocycles. The highest BCUT2D eigenvalue weighted by molar-refractivity contribution is 7.11. The van der Waals surface area contributed by atoms with Crippen molar-refractivity contribution in [3.63, 3.8) is 0 Å². The number of nitrogens with one attached hydrogen (secondary N) is 2. The molecule has 3 rings (SSSR count). The van der Waals surface area contributed by atoms with Gasteiger partial charge in [0.2, 0.25) is 0 Å². The molecule has 2 N–H and O–H groups in total. The van der Waals surface area contributed by atoms with E-state index in [1.807, 2.05) is 6.20 Å². The van der Waals surface area contributed by atoms with Crippen molar-refractivity contribution >= 4 is 28.1 Å². The average Bonchev–Trinajstić information content (AvgIpc) is 3.05. The van der Waals surface area contributed by atoms with Gasteiger partial charge in [-0.05, 0) is 30.2 Å². The van der Waals surface area contributed by atoms with Crippen LogP contribution in [0.3, 0.4) is 0 Å². The molecule has 1 atom stereocenters. The maximum absolute atomic E-state index is 4.40. The molecule has 2 aromatic carbocycles. The van der Waals surface area contributed by atoms with Gasteiger partial charge in [0.15, 0.2) is 5.96 Å². The summed E-state index contributed by atoms with van der Waals surface area (Å²) in [6.45, 7) is 5.06. The van der Waals surface area contributed by atoms with Crippen molar-refractivity contribution in [2.24, 2.45) is 4.99 Å². The molecule has 0 saturated carbocycles. The van der Waals surface area contributed by atoms with Gasteiger partial charge in [-0.15, -0.1) is 11.3 Å². The number of thiazole rings is 1. The van der Waals surface area contributed by atoms with E-state index >= 15 is 0 Å². The van der Waals surface area contributed by atoms with Gasteiger partial charge in [-0.3, -0.25) is 4.99 Å². The Morgan fingerprint density at radius 1 is 1.20 bits per heavy atom. The maximum Gasteiger partial charge on any atom is 0.191 e. The smallest absolute Gasteiger partial charge is 0.191 e. The number of guanidine groups is 1. The minimum Gasteiger partial charge on any atom is -0.356 e. The molecule has 1 unspecified atom stereocenters. The highest BCUT2D eigenvalue weighted by atomic mass is 32.1. The highest BCUT2D eigenvalue weighted by Crippen LogP contribution is 2.23. The number of hydrogen-bond acceptors (Lipinski definition) is 3. The number of aromatic nitrogens is 1. The minimum atomic E-state index is 0.166. The number of rotatable bonds is 5. The monoisotopic (exact) mass is 352 g/mol. The van der Waals surface area contributed by atoms with E-state index in [9.17, 15) is 0 Å². The van der Waals surface area contributed by atoms with Crippen molar-refractivity contribution in [2.75, 3.05) is 13.6 Å². The first-order valence-electron chi connectivity index (χ1n) is 8.53. The van der Waals surface area contributed by atoms with Gasteiger partial charge in [-0.2, -0.15) is 0 Å². The fourth-order valence-electron chi connectivity index (χ4n) is 2.91. The first-order chi connectivity index (χ1) is 12.2. The van der Waals surface area contributed by atoms with Gasteiger partial charge in [0.05, 0.1) is 11.0 Å². The van der Waals surface area contributed by atoms with Crippen molar-refractivity contribution in [3.05, 3.63) is 64.1 Å². The van der Waals surface area contributed by atoms with Crippen LogP contribution < -0.4 is 10.6 Å². The summed E-state index contributed by atoms with van der Waals surface area (Å²) in [4.78, 5) is 10.00. The molecule has 0 bridgehead atoms. The highest BCUT2D eigenvalue weighted by Gasteiger charge is 2.11. The summed E-state index contributed by atoms with van der Waals surface area (Å²) >= 11 is 1.75. The van der Waals surface area contributed by atoms with Crippen LogP contribution in [-0.4, -0.2) is 24.5 Å². The topological polar surface area (TPSA) is 49.3 Å². The van der Waals surface area contributed by atoms with Crippen molar-refractivity contribution in [3.8, 4) is 0 Å². The van der Waals surface area contributed by atoms with Gasteiger partial charge in [0.25, 0.3) is 0 Å². The summed E-state index contributed by atoms with van der Waals surface area (Å²) in [6.07, 6.45) is 2.83. The van der Waals surface area contributed by atoms with Gasteiger partial charge < -0.3 is 10.6 Å². The molecule has 4 nitrogen and oxygen atoms in total. The van der Waals surface area contributed by atoms with E-state index in [-0.39, 0.29) is 6.04 Å². The third-order valence-electron chi connectivity index (χ3n) is 4.17. The van der Waals surface area contributed by atoms with Gasteiger partial charge in [0, 0.05) is 31.1 Å². The van der Waals surface area contributed by atoms with Gasteiger partial charge >= 0.3 is 0 Å². The van der Waals surface area contributed by atoms with E-state index < -0.39 is 0 Å². The number of hydrogen-bond donors (Lipinski definition) is 2. The van der Waals surface area contributed by atoms with Crippen LogP contribution in [0.4, 0.5) is 0 Å². The summed E-state index contributed by atoms with van der Waals surface area (Å²) in [5, 5.41) is 10.6. The second kappa shape index (κ2) is 8.12. The lowest BCUT2D eigenvalue weighted by atomic mass is 10.00. The normalized spacial score (nSPS) is 13.0. The summed E-state index contributed by atoms with van der Waals surface area (Å²) in [6, 6.07) is 15.1. The Balaban J connectivity index is 1.62. The molecule has 3 aromatic rings. The number of aliphatic imine (C=N–C) groups is 1. The van der Waals surface area contributed by atoms with Crippen molar-refractivity contribution in [1.82, 2.24) is 15.6 Å². The van der Waals surface area contributed by atoms with E-state index in [0.717, 1.165) is 23.9 Å². The molecular formula is C20H24N4S. The van der Waals surface area contributed by atoms with Crippen LogP contribution in [0.1, 0.15) is 28.4 Å². The molecule has 0 fully saturated rings. The molecule has 130 valence electrons. The quantitative estimate of drug-likeness (QED) is 0.537. The predicted octanol–water partition coefficient (Wildman–Crippen LogP) is 4.07. The Bertz CT molecular complexity index is 864. The molecule has 0 aliphatic rings. The van der Waals surface area contributed by atoms with Crippen LogP contribution in [0, 0.1) is 6.92 Å². The minimum absolute atomic E-state index is 0.166. The van der Waals surface area contributed by atoms with Crippen LogP contribution in [0.2, 0.25) is 0 Å². The SMILES string of the molecule is CN=C(NCCc1ncc(C)s1)NC(C)c1cccc2ccccc12. The Labute approximate surface area is 153 Å². The van der Waals surface area contributed by atoms with Crippen LogP contribution in [0.15, 0.2) is 53.7 Å². The molecule has 0 amide bonds. The van der Waals surface area contributed by atoms with E-state index in [2.05, 4.69) is 76.9 Å². The number of fused-ring (bicyclic) bond motifs is 1. The van der Waals surface area contributed by atoms with E-state index in [4.69, 9.17) is 0 Å². The third kappa shape index (κ3) is 4.37. The Hall–Kier alpha value is -2.40. The molecule has 0 aliphatic heterocycles. The first kappa shape index (κ1) is 17.4. The molecule has 0 aliphatic carbocycles. The zero-order valence-corrected chi connectivity index (χ0v) is 15.7. The molecule has 5 heteroatoms.